The normalized spacial score (nSPS) is 11.0. The predicted octanol–water partition coefficient (Wildman–Crippen LogP) is 2.11. The number of carboxylic acid groups (broad SMARTS) is 1. The molecule has 1 rings (SSSR count). The van der Waals surface area contributed by atoms with Gasteiger partial charge in [0.05, 0.1) is 7.11 Å². The van der Waals surface area contributed by atoms with Crippen LogP contribution in [0.25, 0.3) is 12.2 Å². The van der Waals surface area contributed by atoms with E-state index in [4.69, 9.17) is 5.11 Å². The molecule has 0 spiro atoms. The summed E-state index contributed by atoms with van der Waals surface area (Å²) in [4.78, 5) is 21.2. The Morgan fingerprint density at radius 2 is 2.00 bits per heavy atom. The smallest absolute Gasteiger partial charge is 0.330 e. The molecule has 0 fully saturated rings. The van der Waals surface area contributed by atoms with E-state index < -0.39 is 17.8 Å². The van der Waals surface area contributed by atoms with E-state index in [2.05, 4.69) is 4.74 Å². The van der Waals surface area contributed by atoms with Gasteiger partial charge in [-0.3, -0.25) is 0 Å². The van der Waals surface area contributed by atoms with E-state index in [1.165, 1.54) is 37.5 Å². The molecule has 1 N–H and O–H groups in total. The molecule has 0 saturated carbocycles. The van der Waals surface area contributed by atoms with Crippen molar-refractivity contribution in [1.82, 2.24) is 0 Å². The summed E-state index contributed by atoms with van der Waals surface area (Å²) >= 11 is 0. The summed E-state index contributed by atoms with van der Waals surface area (Å²) in [6.07, 6.45) is 4.63. The third-order valence-electron chi connectivity index (χ3n) is 2.04. The Kier molecular flexibility index (Phi) is 4.80. The maximum absolute atomic E-state index is 13.3. The van der Waals surface area contributed by atoms with E-state index in [0.29, 0.717) is 5.56 Å². The Balaban J connectivity index is 2.97. The van der Waals surface area contributed by atoms with Gasteiger partial charge >= 0.3 is 11.9 Å². The molecule has 0 aromatic heterocycles. The fraction of sp³-hybridized carbons (Fsp3) is 0.0769. The molecule has 5 heteroatoms. The standard InChI is InChI=1S/C13H11FO4/c1-18-13(17)7-3-9-2-5-11(14)10(8-9)4-6-12(15)16/h2-8H,1H3,(H,15,16)/b6-4+,7-3?. The van der Waals surface area contributed by atoms with Gasteiger partial charge in [0, 0.05) is 17.7 Å². The monoisotopic (exact) mass is 250 g/mol. The van der Waals surface area contributed by atoms with Gasteiger partial charge in [-0.1, -0.05) is 6.07 Å². The van der Waals surface area contributed by atoms with Crippen molar-refractivity contribution < 1.29 is 23.8 Å². The van der Waals surface area contributed by atoms with Crippen molar-refractivity contribution in [3.63, 3.8) is 0 Å². The highest BCUT2D eigenvalue weighted by Gasteiger charge is 2.00. The van der Waals surface area contributed by atoms with Crippen LogP contribution < -0.4 is 0 Å². The highest BCUT2D eigenvalue weighted by atomic mass is 19.1. The Bertz CT molecular complexity index is 518. The van der Waals surface area contributed by atoms with E-state index in [1.54, 1.807) is 0 Å². The summed E-state index contributed by atoms with van der Waals surface area (Å²) < 4.78 is 17.7. The van der Waals surface area contributed by atoms with Crippen LogP contribution in [-0.4, -0.2) is 24.2 Å². The van der Waals surface area contributed by atoms with Crippen LogP contribution in [0, 0.1) is 5.82 Å². The molecule has 0 aliphatic heterocycles. The Morgan fingerprint density at radius 1 is 1.28 bits per heavy atom. The minimum atomic E-state index is -1.16. The van der Waals surface area contributed by atoms with E-state index >= 15 is 0 Å². The summed E-state index contributed by atoms with van der Waals surface area (Å²) in [6.45, 7) is 0. The van der Waals surface area contributed by atoms with Gasteiger partial charge in [0.1, 0.15) is 5.82 Å². The first kappa shape index (κ1) is 13.6. The number of aliphatic carboxylic acids is 1. The lowest BCUT2D eigenvalue weighted by Crippen LogP contribution is -1.93. The zero-order chi connectivity index (χ0) is 13.5. The summed E-state index contributed by atoms with van der Waals surface area (Å²) in [6, 6.07) is 4.08. The zero-order valence-corrected chi connectivity index (χ0v) is 9.59. The molecule has 0 unspecified atom stereocenters. The number of carboxylic acids is 1. The van der Waals surface area contributed by atoms with E-state index in [0.717, 1.165) is 12.2 Å². The van der Waals surface area contributed by atoms with Crippen LogP contribution in [0.15, 0.2) is 30.4 Å². The van der Waals surface area contributed by atoms with E-state index in [9.17, 15) is 14.0 Å². The number of rotatable bonds is 4. The molecule has 94 valence electrons. The molecule has 0 aliphatic carbocycles. The largest absolute Gasteiger partial charge is 0.478 e. The molecule has 1 aromatic carbocycles. The summed E-state index contributed by atoms with van der Waals surface area (Å²) in [5.41, 5.74) is 0.691. The number of hydrogen-bond acceptors (Lipinski definition) is 3. The number of carbonyl (C=O) groups is 2. The van der Waals surface area contributed by atoms with Crippen molar-refractivity contribution in [3.8, 4) is 0 Å². The first-order chi connectivity index (χ1) is 8.52. The van der Waals surface area contributed by atoms with Crippen molar-refractivity contribution in [3.05, 3.63) is 47.3 Å². The van der Waals surface area contributed by atoms with Gasteiger partial charge in [0.15, 0.2) is 0 Å². The molecule has 0 saturated heterocycles. The van der Waals surface area contributed by atoms with Crippen LogP contribution in [0.3, 0.4) is 0 Å². The average molecular weight is 250 g/mol. The second kappa shape index (κ2) is 6.34. The van der Waals surface area contributed by atoms with Crippen molar-refractivity contribution in [2.75, 3.05) is 7.11 Å². The molecular formula is C13H11FO4. The molecule has 1 aromatic rings. The van der Waals surface area contributed by atoms with Gasteiger partial charge in [-0.15, -0.1) is 0 Å². The van der Waals surface area contributed by atoms with Crippen molar-refractivity contribution in [2.45, 2.75) is 0 Å². The first-order valence-corrected chi connectivity index (χ1v) is 4.99. The number of methoxy groups -OCH3 is 1. The van der Waals surface area contributed by atoms with E-state index in [-0.39, 0.29) is 5.56 Å². The van der Waals surface area contributed by atoms with Crippen LogP contribution in [0.2, 0.25) is 0 Å². The fourth-order valence-corrected chi connectivity index (χ4v) is 1.19. The number of hydrogen-bond donors (Lipinski definition) is 1. The van der Waals surface area contributed by atoms with Crippen molar-refractivity contribution in [1.29, 1.82) is 0 Å². The molecule has 18 heavy (non-hydrogen) atoms. The second-order valence-electron chi connectivity index (χ2n) is 3.31. The average Bonchev–Trinajstić information content (AvgIpc) is 2.35. The first-order valence-electron chi connectivity index (χ1n) is 4.99. The van der Waals surface area contributed by atoms with Gasteiger partial charge in [-0.05, 0) is 29.8 Å². The van der Waals surface area contributed by atoms with Gasteiger partial charge in [-0.2, -0.15) is 0 Å². The Labute approximate surface area is 103 Å². The maximum atomic E-state index is 13.3. The number of ether oxygens (including phenoxy) is 1. The minimum Gasteiger partial charge on any atom is -0.478 e. The van der Waals surface area contributed by atoms with Crippen molar-refractivity contribution >= 4 is 24.1 Å². The molecule has 0 bridgehead atoms. The maximum Gasteiger partial charge on any atom is 0.330 e. The third kappa shape index (κ3) is 4.21. The number of carbonyl (C=O) groups excluding carboxylic acids is 1. The predicted molar refractivity (Wildman–Crippen MR) is 64.1 cm³/mol. The van der Waals surface area contributed by atoms with Gasteiger partial charge < -0.3 is 9.84 Å². The topological polar surface area (TPSA) is 63.6 Å². The zero-order valence-electron chi connectivity index (χ0n) is 9.59. The molecule has 4 nitrogen and oxygen atoms in total. The third-order valence-corrected chi connectivity index (χ3v) is 2.04. The highest BCUT2D eigenvalue weighted by molar-refractivity contribution is 5.87. The second-order valence-corrected chi connectivity index (χ2v) is 3.31. The number of esters is 1. The minimum absolute atomic E-state index is 0.129. The SMILES string of the molecule is COC(=O)C=Cc1ccc(F)c(/C=C/C(=O)O)c1. The molecule has 0 atom stereocenters. The van der Waals surface area contributed by atoms with Crippen LogP contribution in [0.1, 0.15) is 11.1 Å². The molecule has 0 radical (unpaired) electrons. The Hall–Kier alpha value is -2.43. The number of benzene rings is 1. The molecule has 0 heterocycles. The summed E-state index contributed by atoms with van der Waals surface area (Å²) in [7, 11) is 1.25. The lowest BCUT2D eigenvalue weighted by atomic mass is 10.1. The highest BCUT2D eigenvalue weighted by Crippen LogP contribution is 2.13. The lowest BCUT2D eigenvalue weighted by Gasteiger charge is -1.99. The fourth-order valence-electron chi connectivity index (χ4n) is 1.19. The van der Waals surface area contributed by atoms with E-state index in [1.807, 2.05) is 0 Å². The quantitative estimate of drug-likeness (QED) is 0.656. The van der Waals surface area contributed by atoms with Crippen LogP contribution >= 0.6 is 0 Å². The van der Waals surface area contributed by atoms with Gasteiger partial charge in [0.2, 0.25) is 0 Å². The summed E-state index contributed by atoms with van der Waals surface area (Å²) in [5.74, 6) is -2.23. The molecular weight excluding hydrogens is 239 g/mol. The van der Waals surface area contributed by atoms with Gasteiger partial charge in [0.25, 0.3) is 0 Å². The van der Waals surface area contributed by atoms with Crippen molar-refractivity contribution in [2.24, 2.45) is 0 Å². The van der Waals surface area contributed by atoms with Crippen LogP contribution in [-0.2, 0) is 14.3 Å². The molecule has 0 aliphatic rings. The number of halogens is 1. The lowest BCUT2D eigenvalue weighted by molar-refractivity contribution is -0.135. The van der Waals surface area contributed by atoms with Crippen LogP contribution in [0.5, 0.6) is 0 Å². The Morgan fingerprint density at radius 3 is 2.61 bits per heavy atom. The summed E-state index contributed by atoms with van der Waals surface area (Å²) in [5, 5.41) is 8.46. The molecule has 0 amide bonds. The van der Waals surface area contributed by atoms with Gasteiger partial charge in [-0.25, -0.2) is 14.0 Å². The van der Waals surface area contributed by atoms with Crippen LogP contribution in [0.4, 0.5) is 4.39 Å².